The first-order valence-electron chi connectivity index (χ1n) is 7.24. The number of aryl methyl sites for hydroxylation is 1. The van der Waals surface area contributed by atoms with Crippen LogP contribution in [0.1, 0.15) is 12.0 Å². The number of piperazine rings is 1. The molecule has 2 rings (SSSR count). The molecule has 23 heavy (non-hydrogen) atoms. The number of hydrogen-bond acceptors (Lipinski definition) is 3. The molecule has 8 heteroatoms. The van der Waals surface area contributed by atoms with Crippen molar-refractivity contribution in [2.45, 2.75) is 19.4 Å². The van der Waals surface area contributed by atoms with Crippen molar-refractivity contribution in [3.8, 4) is 0 Å². The first-order valence-corrected chi connectivity index (χ1v) is 7.24. The Kier molecular flexibility index (Phi) is 5.15. The highest BCUT2D eigenvalue weighted by Gasteiger charge is 2.34. The van der Waals surface area contributed by atoms with Gasteiger partial charge in [-0.2, -0.15) is 0 Å². The van der Waals surface area contributed by atoms with Crippen LogP contribution in [0.25, 0.3) is 0 Å². The van der Waals surface area contributed by atoms with Gasteiger partial charge in [-0.3, -0.25) is 9.59 Å². The number of rotatable bonds is 3. The molecule has 0 saturated carbocycles. The SMILES string of the molecule is CNC(=O)C[C@@H]1C(=O)NCCN1C(=O)Nc1ccc(F)c(C)c1. The Morgan fingerprint density at radius 3 is 2.83 bits per heavy atom. The van der Waals surface area contributed by atoms with Gasteiger partial charge < -0.3 is 20.9 Å². The average Bonchev–Trinajstić information content (AvgIpc) is 2.52. The highest BCUT2D eigenvalue weighted by atomic mass is 19.1. The van der Waals surface area contributed by atoms with Gasteiger partial charge in [0.25, 0.3) is 0 Å². The van der Waals surface area contributed by atoms with Crippen LogP contribution in [0.4, 0.5) is 14.9 Å². The lowest BCUT2D eigenvalue weighted by atomic mass is 10.1. The van der Waals surface area contributed by atoms with E-state index in [1.807, 2.05) is 0 Å². The van der Waals surface area contributed by atoms with Crippen LogP contribution in [-0.4, -0.2) is 48.9 Å². The summed E-state index contributed by atoms with van der Waals surface area (Å²) in [5.41, 5.74) is 0.833. The summed E-state index contributed by atoms with van der Waals surface area (Å²) in [4.78, 5) is 37.2. The molecule has 0 unspecified atom stereocenters. The van der Waals surface area contributed by atoms with Crippen LogP contribution in [0.2, 0.25) is 0 Å². The maximum absolute atomic E-state index is 13.3. The Morgan fingerprint density at radius 1 is 1.43 bits per heavy atom. The molecule has 1 saturated heterocycles. The maximum Gasteiger partial charge on any atom is 0.322 e. The average molecular weight is 322 g/mol. The van der Waals surface area contributed by atoms with Crippen molar-refractivity contribution in [3.05, 3.63) is 29.6 Å². The molecule has 0 spiro atoms. The number of carbonyl (C=O) groups excluding carboxylic acids is 3. The van der Waals surface area contributed by atoms with Crippen molar-refractivity contribution < 1.29 is 18.8 Å². The van der Waals surface area contributed by atoms with E-state index in [9.17, 15) is 18.8 Å². The van der Waals surface area contributed by atoms with Gasteiger partial charge in [-0.25, -0.2) is 9.18 Å². The molecule has 1 atom stereocenters. The summed E-state index contributed by atoms with van der Waals surface area (Å²) >= 11 is 0. The third kappa shape index (κ3) is 3.97. The number of nitrogens with one attached hydrogen (secondary N) is 3. The summed E-state index contributed by atoms with van der Waals surface area (Å²) in [5.74, 6) is -1.06. The Balaban J connectivity index is 2.12. The van der Waals surface area contributed by atoms with Crippen molar-refractivity contribution >= 4 is 23.5 Å². The third-order valence-corrected chi connectivity index (χ3v) is 3.66. The number of amides is 4. The van der Waals surface area contributed by atoms with E-state index in [1.165, 1.54) is 30.1 Å². The fourth-order valence-electron chi connectivity index (χ4n) is 2.36. The van der Waals surface area contributed by atoms with Gasteiger partial charge in [-0.1, -0.05) is 0 Å². The minimum absolute atomic E-state index is 0.113. The Morgan fingerprint density at radius 2 is 2.17 bits per heavy atom. The quantitative estimate of drug-likeness (QED) is 0.761. The number of nitrogens with zero attached hydrogens (tertiary/aromatic N) is 1. The monoisotopic (exact) mass is 322 g/mol. The van der Waals surface area contributed by atoms with E-state index in [-0.39, 0.29) is 24.1 Å². The Hall–Kier alpha value is -2.64. The fraction of sp³-hybridized carbons (Fsp3) is 0.400. The molecular weight excluding hydrogens is 303 g/mol. The van der Waals surface area contributed by atoms with Crippen LogP contribution in [0, 0.1) is 12.7 Å². The zero-order valence-corrected chi connectivity index (χ0v) is 13.0. The van der Waals surface area contributed by atoms with Crippen molar-refractivity contribution in [2.24, 2.45) is 0 Å². The Bertz CT molecular complexity index is 635. The van der Waals surface area contributed by atoms with Crippen LogP contribution < -0.4 is 16.0 Å². The highest BCUT2D eigenvalue weighted by Crippen LogP contribution is 2.16. The lowest BCUT2D eigenvalue weighted by Crippen LogP contribution is -2.59. The topological polar surface area (TPSA) is 90.5 Å². The molecule has 4 amide bonds. The van der Waals surface area contributed by atoms with Gasteiger partial charge in [-0.15, -0.1) is 0 Å². The fourth-order valence-corrected chi connectivity index (χ4v) is 2.36. The minimum Gasteiger partial charge on any atom is -0.359 e. The second-order valence-corrected chi connectivity index (χ2v) is 5.27. The van der Waals surface area contributed by atoms with Gasteiger partial charge in [0.05, 0.1) is 6.42 Å². The predicted molar refractivity (Wildman–Crippen MR) is 82.3 cm³/mol. The van der Waals surface area contributed by atoms with Gasteiger partial charge in [0.2, 0.25) is 11.8 Å². The van der Waals surface area contributed by atoms with Gasteiger partial charge in [0.15, 0.2) is 0 Å². The second-order valence-electron chi connectivity index (χ2n) is 5.27. The molecule has 124 valence electrons. The van der Waals surface area contributed by atoms with Crippen LogP contribution in [-0.2, 0) is 9.59 Å². The van der Waals surface area contributed by atoms with Crippen molar-refractivity contribution in [1.82, 2.24) is 15.5 Å². The number of halogens is 1. The predicted octanol–water partition coefficient (Wildman–Crippen LogP) is 0.603. The lowest BCUT2D eigenvalue weighted by molar-refractivity contribution is -0.132. The molecule has 1 heterocycles. The van der Waals surface area contributed by atoms with Gasteiger partial charge in [0.1, 0.15) is 11.9 Å². The minimum atomic E-state index is -0.870. The molecule has 3 N–H and O–H groups in total. The van der Waals surface area contributed by atoms with E-state index in [1.54, 1.807) is 6.92 Å². The maximum atomic E-state index is 13.3. The van der Waals surface area contributed by atoms with Crippen LogP contribution in [0.5, 0.6) is 0 Å². The molecule has 7 nitrogen and oxygen atoms in total. The van der Waals surface area contributed by atoms with Crippen LogP contribution in [0.15, 0.2) is 18.2 Å². The number of carbonyl (C=O) groups is 3. The third-order valence-electron chi connectivity index (χ3n) is 3.66. The van der Waals surface area contributed by atoms with Crippen molar-refractivity contribution in [3.63, 3.8) is 0 Å². The molecule has 1 aliphatic heterocycles. The van der Waals surface area contributed by atoms with Gasteiger partial charge >= 0.3 is 6.03 Å². The summed E-state index contributed by atoms with van der Waals surface area (Å²) in [6, 6.07) is 2.84. The zero-order valence-electron chi connectivity index (χ0n) is 13.0. The number of urea groups is 1. The van der Waals surface area contributed by atoms with E-state index in [0.29, 0.717) is 24.3 Å². The van der Waals surface area contributed by atoms with Crippen molar-refractivity contribution in [2.75, 3.05) is 25.5 Å². The standard InChI is InChI=1S/C15H19FN4O3/c1-9-7-10(3-4-11(9)16)19-15(23)20-6-5-18-14(22)12(20)8-13(21)17-2/h3-4,7,12H,5-6,8H2,1-2H3,(H,17,21)(H,18,22)(H,19,23)/t12-/m1/s1. The first kappa shape index (κ1) is 16.7. The summed E-state index contributed by atoms with van der Waals surface area (Å²) in [6.07, 6.45) is -0.113. The molecule has 1 aromatic rings. The molecule has 0 aliphatic carbocycles. The number of hydrogen-bond donors (Lipinski definition) is 3. The highest BCUT2D eigenvalue weighted by molar-refractivity contribution is 5.96. The number of anilines is 1. The van der Waals surface area contributed by atoms with Crippen molar-refractivity contribution in [1.29, 1.82) is 0 Å². The van der Waals surface area contributed by atoms with Gasteiger partial charge in [-0.05, 0) is 30.7 Å². The first-order chi connectivity index (χ1) is 10.9. The molecule has 0 aromatic heterocycles. The molecule has 0 bridgehead atoms. The Labute approximate surface area is 133 Å². The lowest BCUT2D eigenvalue weighted by Gasteiger charge is -2.34. The largest absolute Gasteiger partial charge is 0.359 e. The zero-order chi connectivity index (χ0) is 17.0. The van der Waals surface area contributed by atoms with E-state index in [4.69, 9.17) is 0 Å². The molecule has 1 fully saturated rings. The van der Waals surface area contributed by atoms with Gasteiger partial charge in [0, 0.05) is 25.8 Å². The van der Waals surface area contributed by atoms with E-state index in [2.05, 4.69) is 16.0 Å². The molecule has 0 radical (unpaired) electrons. The summed E-state index contributed by atoms with van der Waals surface area (Å²) in [6.45, 7) is 2.20. The van der Waals surface area contributed by atoms with E-state index >= 15 is 0 Å². The van der Waals surface area contributed by atoms with E-state index in [0.717, 1.165) is 0 Å². The van der Waals surface area contributed by atoms with Crippen LogP contribution >= 0.6 is 0 Å². The molecule has 1 aliphatic rings. The summed E-state index contributed by atoms with van der Waals surface area (Å²) < 4.78 is 13.3. The van der Waals surface area contributed by atoms with Crippen LogP contribution in [0.3, 0.4) is 0 Å². The molecular formula is C15H19FN4O3. The summed E-state index contributed by atoms with van der Waals surface area (Å²) in [7, 11) is 1.47. The number of benzene rings is 1. The normalized spacial score (nSPS) is 17.4. The smallest absolute Gasteiger partial charge is 0.322 e. The summed E-state index contributed by atoms with van der Waals surface area (Å²) in [5, 5.41) is 7.70. The second kappa shape index (κ2) is 7.08. The van der Waals surface area contributed by atoms with E-state index < -0.39 is 12.1 Å². The molecule has 1 aromatic carbocycles.